The molecule has 0 aliphatic rings. The third kappa shape index (κ3) is 3.92. The average molecular weight is 305 g/mol. The zero-order valence-electron chi connectivity index (χ0n) is 12.6. The first-order valence-corrected chi connectivity index (χ1v) is 7.30. The molecule has 0 fully saturated rings. The molecule has 2 aromatic rings. The Hall–Kier alpha value is -2.21. The van der Waals surface area contributed by atoms with Crippen molar-refractivity contribution in [1.29, 1.82) is 0 Å². The summed E-state index contributed by atoms with van der Waals surface area (Å²) in [6.07, 6.45) is 0.871. The minimum absolute atomic E-state index is 0.293. The fourth-order valence-electron chi connectivity index (χ4n) is 2.18. The minimum Gasteiger partial charge on any atom is -0.386 e. The second-order valence-electron chi connectivity index (χ2n) is 5.29. The third-order valence-corrected chi connectivity index (χ3v) is 3.43. The number of amides is 1. The van der Waals surface area contributed by atoms with E-state index in [9.17, 15) is 14.3 Å². The largest absolute Gasteiger partial charge is 0.386 e. The molecule has 1 aromatic heterocycles. The Morgan fingerprint density at radius 3 is 2.73 bits per heavy atom. The van der Waals surface area contributed by atoms with Crippen molar-refractivity contribution in [2.75, 3.05) is 0 Å². The van der Waals surface area contributed by atoms with E-state index in [4.69, 9.17) is 0 Å². The first-order chi connectivity index (χ1) is 10.5. The molecular weight excluding hydrogens is 285 g/mol. The molecule has 2 unspecified atom stereocenters. The Kier molecular flexibility index (Phi) is 5.27. The Labute approximate surface area is 128 Å². The first-order valence-electron chi connectivity index (χ1n) is 7.30. The van der Waals surface area contributed by atoms with Crippen LogP contribution in [0.5, 0.6) is 0 Å². The fourth-order valence-corrected chi connectivity index (χ4v) is 2.18. The quantitative estimate of drug-likeness (QED) is 0.766. The summed E-state index contributed by atoms with van der Waals surface area (Å²) in [5.74, 6) is -0.722. The molecule has 0 saturated heterocycles. The predicted molar refractivity (Wildman–Crippen MR) is 80.9 cm³/mol. The van der Waals surface area contributed by atoms with E-state index in [1.165, 1.54) is 24.3 Å². The summed E-state index contributed by atoms with van der Waals surface area (Å²) in [7, 11) is 0. The molecular formula is C16H20FN3O2. The van der Waals surface area contributed by atoms with Gasteiger partial charge in [-0.3, -0.25) is 9.89 Å². The summed E-state index contributed by atoms with van der Waals surface area (Å²) in [4.78, 5) is 12.1. The number of aromatic nitrogens is 2. The Bertz CT molecular complexity index is 625. The number of benzene rings is 1. The van der Waals surface area contributed by atoms with E-state index in [1.54, 1.807) is 13.0 Å². The number of halogens is 1. The normalized spacial score (nSPS) is 13.6. The molecule has 0 aliphatic heterocycles. The molecule has 0 bridgehead atoms. The van der Waals surface area contributed by atoms with Gasteiger partial charge in [0, 0.05) is 5.69 Å². The molecule has 3 N–H and O–H groups in total. The lowest BCUT2D eigenvalue weighted by Gasteiger charge is -2.20. The number of hydrogen-bond acceptors (Lipinski definition) is 3. The van der Waals surface area contributed by atoms with Crippen molar-refractivity contribution in [2.24, 2.45) is 0 Å². The Morgan fingerprint density at radius 2 is 2.09 bits per heavy atom. The van der Waals surface area contributed by atoms with Crippen molar-refractivity contribution in [2.45, 2.75) is 38.8 Å². The van der Waals surface area contributed by atoms with Crippen molar-refractivity contribution in [3.8, 4) is 0 Å². The number of nitrogens with zero attached hydrogens (tertiary/aromatic N) is 1. The zero-order chi connectivity index (χ0) is 16.1. The average Bonchev–Trinajstić information content (AvgIpc) is 2.96. The second kappa shape index (κ2) is 7.17. The maximum absolute atomic E-state index is 12.9. The second-order valence-corrected chi connectivity index (χ2v) is 5.29. The van der Waals surface area contributed by atoms with Gasteiger partial charge in [0.05, 0.1) is 12.1 Å². The lowest BCUT2D eigenvalue weighted by Crippen LogP contribution is -2.37. The number of aliphatic hydroxyl groups excluding tert-OH is 1. The number of nitrogens with one attached hydrogen (secondary N) is 2. The highest BCUT2D eigenvalue weighted by Crippen LogP contribution is 2.17. The van der Waals surface area contributed by atoms with E-state index < -0.39 is 12.1 Å². The summed E-state index contributed by atoms with van der Waals surface area (Å²) in [6, 6.07) is 6.72. The molecule has 5 nitrogen and oxygen atoms in total. The van der Waals surface area contributed by atoms with E-state index in [2.05, 4.69) is 15.5 Å². The summed E-state index contributed by atoms with van der Waals surface area (Å²) >= 11 is 0. The molecule has 1 heterocycles. The summed E-state index contributed by atoms with van der Waals surface area (Å²) in [5, 5.41) is 19.7. The molecule has 6 heteroatoms. The summed E-state index contributed by atoms with van der Waals surface area (Å²) < 4.78 is 12.9. The van der Waals surface area contributed by atoms with Crippen LogP contribution in [0.25, 0.3) is 0 Å². The number of aliphatic hydroxyl groups is 1. The number of aromatic amines is 1. The SMILES string of the molecule is CCCc1cc(C(=O)NC(C)C(O)c2ccc(F)cc2)n[nH]1. The van der Waals surface area contributed by atoms with Crippen molar-refractivity contribution < 1.29 is 14.3 Å². The number of rotatable bonds is 6. The van der Waals surface area contributed by atoms with Crippen LogP contribution in [0.3, 0.4) is 0 Å². The van der Waals surface area contributed by atoms with Crippen LogP contribution in [-0.4, -0.2) is 27.3 Å². The molecule has 0 aliphatic carbocycles. The Balaban J connectivity index is 1.99. The van der Waals surface area contributed by atoms with Gasteiger partial charge in [-0.25, -0.2) is 4.39 Å². The zero-order valence-corrected chi connectivity index (χ0v) is 12.6. The number of H-pyrrole nitrogens is 1. The Morgan fingerprint density at radius 1 is 1.41 bits per heavy atom. The van der Waals surface area contributed by atoms with Gasteiger partial charge in [0.15, 0.2) is 0 Å². The van der Waals surface area contributed by atoms with E-state index in [0.29, 0.717) is 11.3 Å². The van der Waals surface area contributed by atoms with Crippen LogP contribution in [0.15, 0.2) is 30.3 Å². The molecule has 0 spiro atoms. The lowest BCUT2D eigenvalue weighted by molar-refractivity contribution is 0.0847. The molecule has 2 rings (SSSR count). The predicted octanol–water partition coefficient (Wildman–Crippen LogP) is 2.35. The van der Waals surface area contributed by atoms with Crippen molar-refractivity contribution in [3.63, 3.8) is 0 Å². The highest BCUT2D eigenvalue weighted by molar-refractivity contribution is 5.92. The van der Waals surface area contributed by atoms with Crippen LogP contribution in [-0.2, 0) is 6.42 Å². The van der Waals surface area contributed by atoms with Crippen molar-refractivity contribution in [3.05, 3.63) is 53.1 Å². The van der Waals surface area contributed by atoms with Gasteiger partial charge in [-0.2, -0.15) is 5.10 Å². The van der Waals surface area contributed by atoms with Gasteiger partial charge in [0.1, 0.15) is 11.5 Å². The molecule has 1 aromatic carbocycles. The van der Waals surface area contributed by atoms with Crippen LogP contribution in [0.4, 0.5) is 4.39 Å². The fraction of sp³-hybridized carbons (Fsp3) is 0.375. The van der Waals surface area contributed by atoms with Gasteiger partial charge in [0.25, 0.3) is 5.91 Å². The minimum atomic E-state index is -0.918. The number of carbonyl (C=O) groups excluding carboxylic acids is 1. The highest BCUT2D eigenvalue weighted by Gasteiger charge is 2.20. The van der Waals surface area contributed by atoms with Gasteiger partial charge in [0.2, 0.25) is 0 Å². The first kappa shape index (κ1) is 16.2. The molecule has 118 valence electrons. The van der Waals surface area contributed by atoms with Crippen LogP contribution >= 0.6 is 0 Å². The maximum atomic E-state index is 12.9. The highest BCUT2D eigenvalue weighted by atomic mass is 19.1. The van der Waals surface area contributed by atoms with E-state index in [1.807, 2.05) is 6.92 Å². The number of hydrogen-bond donors (Lipinski definition) is 3. The monoisotopic (exact) mass is 305 g/mol. The van der Waals surface area contributed by atoms with Gasteiger partial charge in [-0.05, 0) is 37.1 Å². The standard InChI is InChI=1S/C16H20FN3O2/c1-3-4-13-9-14(20-19-13)16(22)18-10(2)15(21)11-5-7-12(17)8-6-11/h5-10,15,21H,3-4H2,1-2H3,(H,18,22)(H,19,20). The van der Waals surface area contributed by atoms with E-state index in [-0.39, 0.29) is 11.7 Å². The van der Waals surface area contributed by atoms with E-state index >= 15 is 0 Å². The lowest BCUT2D eigenvalue weighted by atomic mass is 10.0. The molecule has 2 atom stereocenters. The third-order valence-electron chi connectivity index (χ3n) is 3.43. The maximum Gasteiger partial charge on any atom is 0.272 e. The van der Waals surface area contributed by atoms with Crippen LogP contribution in [0.1, 0.15) is 48.1 Å². The smallest absolute Gasteiger partial charge is 0.272 e. The van der Waals surface area contributed by atoms with Crippen LogP contribution in [0, 0.1) is 5.82 Å². The van der Waals surface area contributed by atoms with Gasteiger partial charge >= 0.3 is 0 Å². The topological polar surface area (TPSA) is 78.0 Å². The molecule has 0 radical (unpaired) electrons. The number of aryl methyl sites for hydroxylation is 1. The van der Waals surface area contributed by atoms with Crippen LogP contribution in [0.2, 0.25) is 0 Å². The number of carbonyl (C=O) groups is 1. The summed E-state index contributed by atoms with van der Waals surface area (Å²) in [6.45, 7) is 3.73. The van der Waals surface area contributed by atoms with Gasteiger partial charge < -0.3 is 10.4 Å². The van der Waals surface area contributed by atoms with Crippen LogP contribution < -0.4 is 5.32 Å². The van der Waals surface area contributed by atoms with Gasteiger partial charge in [-0.1, -0.05) is 25.5 Å². The molecule has 0 saturated carbocycles. The summed E-state index contributed by atoms with van der Waals surface area (Å²) in [5.41, 5.74) is 1.74. The van der Waals surface area contributed by atoms with Crippen molar-refractivity contribution >= 4 is 5.91 Å². The molecule has 1 amide bonds. The molecule has 22 heavy (non-hydrogen) atoms. The van der Waals surface area contributed by atoms with Gasteiger partial charge in [-0.15, -0.1) is 0 Å². The van der Waals surface area contributed by atoms with E-state index in [0.717, 1.165) is 18.5 Å². The van der Waals surface area contributed by atoms with Crippen molar-refractivity contribution in [1.82, 2.24) is 15.5 Å².